The van der Waals surface area contributed by atoms with Crippen molar-refractivity contribution >= 4 is 0 Å². The zero-order valence-electron chi connectivity index (χ0n) is 11.4. The maximum absolute atomic E-state index is 4.48. The van der Waals surface area contributed by atoms with Crippen LogP contribution in [0, 0.1) is 19.9 Å². The summed E-state index contributed by atoms with van der Waals surface area (Å²) in [6.07, 6.45) is 3.84. The minimum atomic E-state index is 0. The van der Waals surface area contributed by atoms with Crippen LogP contribution in [0.3, 0.4) is 0 Å². The molecule has 0 saturated heterocycles. The predicted octanol–water partition coefficient (Wildman–Crippen LogP) is 3.95. The summed E-state index contributed by atoms with van der Waals surface area (Å²) < 4.78 is 2.14. The molecule has 2 aromatic carbocycles. The number of aromatic nitrogens is 2. The Hall–Kier alpha value is -1.66. The Labute approximate surface area is 133 Å². The third-order valence-corrected chi connectivity index (χ3v) is 3.27. The van der Waals surface area contributed by atoms with Crippen molar-refractivity contribution in [2.24, 2.45) is 0 Å². The van der Waals surface area contributed by atoms with Crippen LogP contribution in [0.1, 0.15) is 11.1 Å². The summed E-state index contributed by atoms with van der Waals surface area (Å²) in [6, 6.07) is 17.5. The van der Waals surface area contributed by atoms with Crippen LogP contribution >= 0.6 is 0 Å². The topological polar surface area (TPSA) is 17.8 Å². The fourth-order valence-electron chi connectivity index (χ4n) is 2.40. The van der Waals surface area contributed by atoms with E-state index in [2.05, 4.69) is 47.7 Å². The van der Waals surface area contributed by atoms with Gasteiger partial charge in [0.05, 0.1) is 5.82 Å². The van der Waals surface area contributed by atoms with E-state index in [9.17, 15) is 0 Å². The van der Waals surface area contributed by atoms with Gasteiger partial charge < -0.3 is 4.57 Å². The average molecular weight is 442 g/mol. The van der Waals surface area contributed by atoms with Gasteiger partial charge in [-0.25, -0.2) is 0 Å². The van der Waals surface area contributed by atoms with Gasteiger partial charge in [0.1, 0.15) is 0 Å². The zero-order valence-corrected chi connectivity index (χ0v) is 13.7. The summed E-state index contributed by atoms with van der Waals surface area (Å²) >= 11 is 0. The molecule has 0 atom stereocenters. The molecule has 3 rings (SSSR count). The molecule has 0 radical (unpaired) electrons. The van der Waals surface area contributed by atoms with Crippen LogP contribution in [0.2, 0.25) is 0 Å². The molecule has 0 spiro atoms. The van der Waals surface area contributed by atoms with Gasteiger partial charge >= 0.3 is 0 Å². The molecule has 0 bridgehead atoms. The minimum absolute atomic E-state index is 0. The van der Waals surface area contributed by atoms with Crippen molar-refractivity contribution < 1.29 is 21.1 Å². The Kier molecular flexibility index (Phi) is 4.56. The average Bonchev–Trinajstić information content (AvgIpc) is 2.89. The molecule has 0 saturated carbocycles. The first-order valence-electron chi connectivity index (χ1n) is 6.34. The standard InChI is InChI=1S/C17H15N2.Pt/c1-13-7-6-8-14(2)16(13)19-12-11-18-17(19)15-9-4-3-5-10-15;/h3-9,11-12H,1-2H3;/q-1;. The first-order chi connectivity index (χ1) is 9.27. The largest absolute Gasteiger partial charge is 0.340 e. The van der Waals surface area contributed by atoms with E-state index >= 15 is 0 Å². The molecule has 3 heteroatoms. The van der Waals surface area contributed by atoms with Gasteiger partial charge in [0, 0.05) is 39.1 Å². The van der Waals surface area contributed by atoms with Gasteiger partial charge in [0.25, 0.3) is 0 Å². The van der Waals surface area contributed by atoms with E-state index in [-0.39, 0.29) is 21.1 Å². The zero-order chi connectivity index (χ0) is 13.2. The predicted molar refractivity (Wildman–Crippen MR) is 77.3 cm³/mol. The van der Waals surface area contributed by atoms with Crippen LogP contribution in [0.25, 0.3) is 17.1 Å². The Balaban J connectivity index is 0.00000147. The summed E-state index contributed by atoms with van der Waals surface area (Å²) in [5.74, 6) is 0.929. The minimum Gasteiger partial charge on any atom is -0.340 e. The van der Waals surface area contributed by atoms with Crippen LogP contribution in [0.4, 0.5) is 0 Å². The molecule has 0 aliphatic rings. The van der Waals surface area contributed by atoms with E-state index in [0.29, 0.717) is 0 Å². The van der Waals surface area contributed by atoms with Gasteiger partial charge in [-0.15, -0.1) is 35.9 Å². The molecule has 3 aromatic rings. The van der Waals surface area contributed by atoms with Gasteiger partial charge in [-0.1, -0.05) is 18.2 Å². The number of benzene rings is 2. The number of nitrogens with zero attached hydrogens (tertiary/aromatic N) is 2. The van der Waals surface area contributed by atoms with Crippen molar-refractivity contribution in [1.29, 1.82) is 0 Å². The van der Waals surface area contributed by atoms with Crippen molar-refractivity contribution in [3.8, 4) is 17.1 Å². The fourth-order valence-corrected chi connectivity index (χ4v) is 2.40. The van der Waals surface area contributed by atoms with Crippen molar-refractivity contribution in [3.63, 3.8) is 0 Å². The Bertz CT molecular complexity index is 682. The molecule has 2 nitrogen and oxygen atoms in total. The molecule has 1 heterocycles. The second-order valence-electron chi connectivity index (χ2n) is 4.64. The van der Waals surface area contributed by atoms with E-state index < -0.39 is 0 Å². The summed E-state index contributed by atoms with van der Waals surface area (Å²) in [5.41, 5.74) is 4.70. The number of hydrogen-bond donors (Lipinski definition) is 0. The van der Waals surface area contributed by atoms with Crippen molar-refractivity contribution in [2.45, 2.75) is 13.8 Å². The second kappa shape index (κ2) is 6.19. The van der Waals surface area contributed by atoms with Crippen molar-refractivity contribution in [3.05, 3.63) is 72.1 Å². The molecule has 0 unspecified atom stereocenters. The molecule has 0 fully saturated rings. The fraction of sp³-hybridized carbons (Fsp3) is 0.118. The summed E-state index contributed by atoms with van der Waals surface area (Å²) in [5, 5.41) is 0. The van der Waals surface area contributed by atoms with Gasteiger partial charge in [-0.2, -0.15) is 0 Å². The molecule has 0 aliphatic carbocycles. The van der Waals surface area contributed by atoms with E-state index in [1.165, 1.54) is 16.8 Å². The molecule has 0 N–H and O–H groups in total. The SMILES string of the molecule is Cc1cccc(C)c1-n1ccnc1-c1[c-]cccc1.[Pt]. The Morgan fingerprint density at radius 1 is 1.00 bits per heavy atom. The van der Waals surface area contributed by atoms with E-state index in [4.69, 9.17) is 0 Å². The van der Waals surface area contributed by atoms with E-state index in [1.807, 2.05) is 36.7 Å². The first-order valence-corrected chi connectivity index (χ1v) is 6.34. The molecule has 20 heavy (non-hydrogen) atoms. The van der Waals surface area contributed by atoms with Gasteiger partial charge in [0.2, 0.25) is 0 Å². The Morgan fingerprint density at radius 2 is 1.75 bits per heavy atom. The van der Waals surface area contributed by atoms with E-state index in [1.54, 1.807) is 0 Å². The van der Waals surface area contributed by atoms with Crippen LogP contribution in [0.5, 0.6) is 0 Å². The molecule has 1 aromatic heterocycles. The van der Waals surface area contributed by atoms with Crippen LogP contribution in [-0.2, 0) is 21.1 Å². The quantitative estimate of drug-likeness (QED) is 0.550. The van der Waals surface area contributed by atoms with Crippen LogP contribution in [0.15, 0.2) is 54.9 Å². The maximum Gasteiger partial charge on any atom is 0.0602 e. The van der Waals surface area contributed by atoms with Crippen LogP contribution in [-0.4, -0.2) is 9.55 Å². The number of aryl methyl sites for hydroxylation is 2. The van der Waals surface area contributed by atoms with Crippen molar-refractivity contribution in [1.82, 2.24) is 9.55 Å². The van der Waals surface area contributed by atoms with Crippen LogP contribution < -0.4 is 0 Å². The molecule has 0 amide bonds. The third kappa shape index (κ3) is 2.62. The summed E-state index contributed by atoms with van der Waals surface area (Å²) in [4.78, 5) is 4.48. The number of imidazole rings is 1. The smallest absolute Gasteiger partial charge is 0.0602 e. The van der Waals surface area contributed by atoms with Gasteiger partial charge in [-0.3, -0.25) is 4.98 Å². The number of rotatable bonds is 2. The van der Waals surface area contributed by atoms with Gasteiger partial charge in [-0.05, 0) is 25.0 Å². The number of hydrogen-bond acceptors (Lipinski definition) is 1. The number of para-hydroxylation sites is 1. The normalized spacial score (nSPS) is 10.1. The van der Waals surface area contributed by atoms with Crippen molar-refractivity contribution in [2.75, 3.05) is 0 Å². The monoisotopic (exact) mass is 442 g/mol. The maximum atomic E-state index is 4.48. The second-order valence-corrected chi connectivity index (χ2v) is 4.64. The molecular formula is C17H15N2Pt-. The third-order valence-electron chi connectivity index (χ3n) is 3.27. The first kappa shape index (κ1) is 14.7. The summed E-state index contributed by atoms with van der Waals surface area (Å²) in [6.45, 7) is 4.25. The Morgan fingerprint density at radius 3 is 2.40 bits per heavy atom. The molecule has 104 valence electrons. The van der Waals surface area contributed by atoms with Gasteiger partial charge in [0.15, 0.2) is 0 Å². The molecular weight excluding hydrogens is 427 g/mol. The molecule has 0 aliphatic heterocycles. The van der Waals surface area contributed by atoms with E-state index in [0.717, 1.165) is 11.4 Å². The summed E-state index contributed by atoms with van der Waals surface area (Å²) in [7, 11) is 0.